The van der Waals surface area contributed by atoms with E-state index in [1.54, 1.807) is 0 Å². The molecule has 0 saturated carbocycles. The number of carbonyl (C=O) groups is 1. The molecular weight excluding hydrogens is 202 g/mol. The molecule has 0 bridgehead atoms. The Kier molecular flexibility index (Phi) is 3.69. The van der Waals surface area contributed by atoms with Gasteiger partial charge in [-0.3, -0.25) is 0 Å². The second-order valence-electron chi connectivity index (χ2n) is 5.29. The van der Waals surface area contributed by atoms with Gasteiger partial charge in [-0.05, 0) is 31.8 Å². The predicted molar refractivity (Wildman–Crippen MR) is 64.4 cm³/mol. The maximum atomic E-state index is 11.7. The van der Waals surface area contributed by atoms with Crippen LogP contribution >= 0.6 is 0 Å². The molecule has 0 aromatic rings. The highest BCUT2D eigenvalue weighted by Gasteiger charge is 2.30. The maximum Gasteiger partial charge on any atom is 0.317 e. The maximum absolute atomic E-state index is 11.7. The van der Waals surface area contributed by atoms with Crippen molar-refractivity contribution in [3.8, 4) is 0 Å². The molecule has 4 nitrogen and oxygen atoms in total. The van der Waals surface area contributed by atoms with Gasteiger partial charge < -0.3 is 15.1 Å². The molecule has 2 fully saturated rings. The Bertz CT molecular complexity index is 249. The van der Waals surface area contributed by atoms with E-state index in [4.69, 9.17) is 0 Å². The number of carbonyl (C=O) groups excluding carboxylic acids is 1. The lowest BCUT2D eigenvalue weighted by molar-refractivity contribution is 0.208. The first-order chi connectivity index (χ1) is 7.66. The quantitative estimate of drug-likeness (QED) is 0.778. The van der Waals surface area contributed by atoms with Gasteiger partial charge >= 0.3 is 6.03 Å². The first-order valence-corrected chi connectivity index (χ1v) is 6.44. The molecule has 16 heavy (non-hydrogen) atoms. The third kappa shape index (κ3) is 2.67. The monoisotopic (exact) mass is 225 g/mol. The highest BCUT2D eigenvalue weighted by molar-refractivity contribution is 5.76. The van der Waals surface area contributed by atoms with Crippen molar-refractivity contribution in [2.24, 2.45) is 5.92 Å². The number of urea groups is 1. The van der Waals surface area contributed by atoms with Crippen molar-refractivity contribution >= 4 is 6.03 Å². The minimum Gasteiger partial charge on any atom is -0.333 e. The van der Waals surface area contributed by atoms with E-state index in [0.29, 0.717) is 12.0 Å². The molecule has 2 heterocycles. The zero-order chi connectivity index (χ0) is 11.5. The average molecular weight is 225 g/mol. The fourth-order valence-electron chi connectivity index (χ4n) is 2.45. The lowest BCUT2D eigenvalue weighted by Gasteiger charge is -2.20. The summed E-state index contributed by atoms with van der Waals surface area (Å²) in [5.41, 5.74) is 0. The molecule has 0 aliphatic carbocycles. The Morgan fingerprint density at radius 2 is 2.00 bits per heavy atom. The molecule has 2 aliphatic heterocycles. The second-order valence-corrected chi connectivity index (χ2v) is 5.29. The molecule has 1 N–H and O–H groups in total. The summed E-state index contributed by atoms with van der Waals surface area (Å²) in [6.45, 7) is 9.55. The van der Waals surface area contributed by atoms with Crippen LogP contribution in [0.4, 0.5) is 4.79 Å². The summed E-state index contributed by atoms with van der Waals surface area (Å²) < 4.78 is 0. The minimum atomic E-state index is 0.123. The molecule has 92 valence electrons. The van der Waals surface area contributed by atoms with E-state index in [-0.39, 0.29) is 6.03 Å². The molecular formula is C12H23N3O. The normalized spacial score (nSPS) is 26.8. The van der Waals surface area contributed by atoms with Crippen LogP contribution in [0.2, 0.25) is 0 Å². The van der Waals surface area contributed by atoms with E-state index in [0.717, 1.165) is 19.6 Å². The van der Waals surface area contributed by atoms with Crippen molar-refractivity contribution in [2.45, 2.75) is 32.7 Å². The zero-order valence-corrected chi connectivity index (χ0v) is 10.4. The van der Waals surface area contributed by atoms with E-state index in [9.17, 15) is 4.79 Å². The Labute approximate surface area is 98.0 Å². The van der Waals surface area contributed by atoms with Gasteiger partial charge in [0.05, 0.1) is 6.04 Å². The SMILES string of the molecule is CC(C)C1CN(CCN2CCCC2)C(=O)N1. The molecule has 1 atom stereocenters. The van der Waals surface area contributed by atoms with E-state index in [1.165, 1.54) is 25.9 Å². The fourth-order valence-corrected chi connectivity index (χ4v) is 2.45. The molecule has 0 aromatic heterocycles. The highest BCUT2D eigenvalue weighted by Crippen LogP contribution is 2.12. The van der Waals surface area contributed by atoms with Crippen molar-refractivity contribution in [3.05, 3.63) is 0 Å². The Morgan fingerprint density at radius 1 is 1.31 bits per heavy atom. The largest absolute Gasteiger partial charge is 0.333 e. The molecule has 2 aliphatic rings. The number of amides is 2. The van der Waals surface area contributed by atoms with Gasteiger partial charge in [-0.1, -0.05) is 13.8 Å². The van der Waals surface area contributed by atoms with Crippen LogP contribution in [0.25, 0.3) is 0 Å². The molecule has 2 rings (SSSR count). The van der Waals surface area contributed by atoms with Gasteiger partial charge in [-0.2, -0.15) is 0 Å². The van der Waals surface area contributed by atoms with Crippen molar-refractivity contribution < 1.29 is 4.79 Å². The number of nitrogens with one attached hydrogen (secondary N) is 1. The van der Waals surface area contributed by atoms with Crippen LogP contribution in [0.1, 0.15) is 26.7 Å². The van der Waals surface area contributed by atoms with Crippen LogP contribution < -0.4 is 5.32 Å². The summed E-state index contributed by atoms with van der Waals surface area (Å²) >= 11 is 0. The van der Waals surface area contributed by atoms with Crippen LogP contribution in [0.15, 0.2) is 0 Å². The number of rotatable bonds is 4. The first-order valence-electron chi connectivity index (χ1n) is 6.44. The third-order valence-corrected chi connectivity index (χ3v) is 3.70. The fraction of sp³-hybridized carbons (Fsp3) is 0.917. The summed E-state index contributed by atoms with van der Waals surface area (Å²) in [6.07, 6.45) is 2.64. The van der Waals surface area contributed by atoms with Gasteiger partial charge in [0.1, 0.15) is 0 Å². The number of hydrogen-bond acceptors (Lipinski definition) is 2. The molecule has 0 spiro atoms. The number of likely N-dealkylation sites (tertiary alicyclic amines) is 1. The van der Waals surface area contributed by atoms with Crippen molar-refractivity contribution in [1.29, 1.82) is 0 Å². The van der Waals surface area contributed by atoms with Gasteiger partial charge in [0.2, 0.25) is 0 Å². The lowest BCUT2D eigenvalue weighted by Crippen LogP contribution is -2.35. The molecule has 2 amide bonds. The van der Waals surface area contributed by atoms with E-state index in [1.807, 2.05) is 4.90 Å². The smallest absolute Gasteiger partial charge is 0.317 e. The Balaban J connectivity index is 1.75. The van der Waals surface area contributed by atoms with Gasteiger partial charge in [-0.25, -0.2) is 4.79 Å². The van der Waals surface area contributed by atoms with Gasteiger partial charge in [-0.15, -0.1) is 0 Å². The molecule has 0 radical (unpaired) electrons. The van der Waals surface area contributed by atoms with Crippen LogP contribution in [0, 0.1) is 5.92 Å². The first kappa shape index (κ1) is 11.7. The van der Waals surface area contributed by atoms with Gasteiger partial charge in [0, 0.05) is 19.6 Å². The topological polar surface area (TPSA) is 35.6 Å². The molecule has 2 saturated heterocycles. The lowest BCUT2D eigenvalue weighted by atomic mass is 10.1. The minimum absolute atomic E-state index is 0.123. The summed E-state index contributed by atoms with van der Waals surface area (Å²) in [4.78, 5) is 16.1. The van der Waals surface area contributed by atoms with Gasteiger partial charge in [0.15, 0.2) is 0 Å². The predicted octanol–water partition coefficient (Wildman–Crippen LogP) is 1.13. The summed E-state index contributed by atoms with van der Waals surface area (Å²) in [7, 11) is 0. The average Bonchev–Trinajstić information content (AvgIpc) is 2.84. The number of hydrogen-bond donors (Lipinski definition) is 1. The van der Waals surface area contributed by atoms with Crippen molar-refractivity contribution in [1.82, 2.24) is 15.1 Å². The van der Waals surface area contributed by atoms with Crippen LogP contribution in [0.3, 0.4) is 0 Å². The Hall–Kier alpha value is -0.770. The standard InChI is InChI=1S/C12H23N3O/c1-10(2)11-9-15(12(16)13-11)8-7-14-5-3-4-6-14/h10-11H,3-9H2,1-2H3,(H,13,16). The second kappa shape index (κ2) is 5.04. The summed E-state index contributed by atoms with van der Waals surface area (Å²) in [6, 6.07) is 0.462. The third-order valence-electron chi connectivity index (χ3n) is 3.70. The molecule has 4 heteroatoms. The van der Waals surface area contributed by atoms with Crippen LogP contribution in [-0.2, 0) is 0 Å². The molecule has 1 unspecified atom stereocenters. The Morgan fingerprint density at radius 3 is 2.56 bits per heavy atom. The number of nitrogens with zero attached hydrogens (tertiary/aromatic N) is 2. The molecule has 0 aromatic carbocycles. The van der Waals surface area contributed by atoms with Crippen molar-refractivity contribution in [3.63, 3.8) is 0 Å². The van der Waals surface area contributed by atoms with Crippen LogP contribution in [0.5, 0.6) is 0 Å². The summed E-state index contributed by atoms with van der Waals surface area (Å²) in [5, 5.41) is 3.05. The van der Waals surface area contributed by atoms with Crippen LogP contribution in [-0.4, -0.2) is 54.6 Å². The zero-order valence-electron chi connectivity index (χ0n) is 10.4. The highest BCUT2D eigenvalue weighted by atomic mass is 16.2. The van der Waals surface area contributed by atoms with Gasteiger partial charge in [0.25, 0.3) is 0 Å². The van der Waals surface area contributed by atoms with E-state index in [2.05, 4.69) is 24.1 Å². The van der Waals surface area contributed by atoms with E-state index >= 15 is 0 Å². The summed E-state index contributed by atoms with van der Waals surface area (Å²) in [5.74, 6) is 0.528. The van der Waals surface area contributed by atoms with E-state index < -0.39 is 0 Å². The van der Waals surface area contributed by atoms with Crippen molar-refractivity contribution in [2.75, 3.05) is 32.7 Å².